The number of nitrogens with zero attached hydrogens (tertiary/aromatic N) is 1. The Hall–Kier alpha value is -1.42. The SMILES string of the molecule is CCCC(C)(N)C(=O)N(Cc1cccc(F)c1)C1CC1. The van der Waals surface area contributed by atoms with Crippen molar-refractivity contribution in [2.45, 2.75) is 57.7 Å². The van der Waals surface area contributed by atoms with Crippen LogP contribution in [0.4, 0.5) is 4.39 Å². The third-order valence-electron chi connectivity index (χ3n) is 3.75. The molecule has 1 aromatic rings. The molecular weight excluding hydrogens is 255 g/mol. The Morgan fingerprint density at radius 1 is 1.50 bits per heavy atom. The Bertz CT molecular complexity index is 483. The van der Waals surface area contributed by atoms with E-state index in [0.29, 0.717) is 13.0 Å². The quantitative estimate of drug-likeness (QED) is 0.869. The zero-order chi connectivity index (χ0) is 14.8. The number of benzene rings is 1. The third kappa shape index (κ3) is 3.57. The first-order valence-electron chi connectivity index (χ1n) is 7.28. The average Bonchev–Trinajstić information content (AvgIpc) is 3.19. The lowest BCUT2D eigenvalue weighted by Gasteiger charge is -2.32. The fourth-order valence-corrected chi connectivity index (χ4v) is 2.54. The number of nitrogens with two attached hydrogens (primary N) is 1. The predicted molar refractivity (Wildman–Crippen MR) is 77.5 cm³/mol. The summed E-state index contributed by atoms with van der Waals surface area (Å²) >= 11 is 0. The molecule has 0 saturated heterocycles. The van der Waals surface area contributed by atoms with Gasteiger partial charge in [0.25, 0.3) is 0 Å². The molecule has 0 heterocycles. The van der Waals surface area contributed by atoms with E-state index >= 15 is 0 Å². The van der Waals surface area contributed by atoms with Crippen LogP contribution in [0.15, 0.2) is 24.3 Å². The Labute approximate surface area is 120 Å². The topological polar surface area (TPSA) is 46.3 Å². The minimum absolute atomic E-state index is 0.0221. The molecule has 0 bridgehead atoms. The Kier molecular flexibility index (Phi) is 4.43. The van der Waals surface area contributed by atoms with Crippen LogP contribution in [-0.4, -0.2) is 22.4 Å². The van der Waals surface area contributed by atoms with Gasteiger partial charge in [-0.2, -0.15) is 0 Å². The normalized spacial score (nSPS) is 17.6. The summed E-state index contributed by atoms with van der Waals surface area (Å²) in [7, 11) is 0. The van der Waals surface area contributed by atoms with Crippen molar-refractivity contribution >= 4 is 5.91 Å². The lowest BCUT2D eigenvalue weighted by molar-refractivity contribution is -0.138. The zero-order valence-electron chi connectivity index (χ0n) is 12.2. The summed E-state index contributed by atoms with van der Waals surface area (Å²) in [6.45, 7) is 4.25. The molecule has 1 aromatic carbocycles. The minimum atomic E-state index is -0.829. The van der Waals surface area contributed by atoms with Gasteiger partial charge in [-0.25, -0.2) is 4.39 Å². The molecule has 1 saturated carbocycles. The first-order valence-corrected chi connectivity index (χ1v) is 7.28. The molecule has 110 valence electrons. The van der Waals surface area contributed by atoms with Gasteiger partial charge in [0.15, 0.2) is 0 Å². The highest BCUT2D eigenvalue weighted by molar-refractivity contribution is 5.86. The Morgan fingerprint density at radius 2 is 2.20 bits per heavy atom. The summed E-state index contributed by atoms with van der Waals surface area (Å²) in [4.78, 5) is 14.5. The van der Waals surface area contributed by atoms with Crippen LogP contribution in [0, 0.1) is 5.82 Å². The summed E-state index contributed by atoms with van der Waals surface area (Å²) in [6, 6.07) is 6.69. The van der Waals surface area contributed by atoms with Gasteiger partial charge in [0.05, 0.1) is 5.54 Å². The molecule has 0 radical (unpaired) electrons. The van der Waals surface area contributed by atoms with E-state index in [-0.39, 0.29) is 17.8 Å². The summed E-state index contributed by atoms with van der Waals surface area (Å²) in [5.41, 5.74) is 6.14. The van der Waals surface area contributed by atoms with Crippen LogP contribution in [-0.2, 0) is 11.3 Å². The minimum Gasteiger partial charge on any atom is -0.334 e. The molecule has 20 heavy (non-hydrogen) atoms. The Balaban J connectivity index is 2.13. The fraction of sp³-hybridized carbons (Fsp3) is 0.562. The maximum Gasteiger partial charge on any atom is 0.242 e. The molecule has 0 aliphatic heterocycles. The summed E-state index contributed by atoms with van der Waals surface area (Å²) in [5, 5.41) is 0. The van der Waals surface area contributed by atoms with E-state index in [1.54, 1.807) is 13.0 Å². The van der Waals surface area contributed by atoms with E-state index < -0.39 is 5.54 Å². The van der Waals surface area contributed by atoms with Crippen LogP contribution in [0.5, 0.6) is 0 Å². The summed E-state index contributed by atoms with van der Waals surface area (Å²) < 4.78 is 13.3. The van der Waals surface area contributed by atoms with Gasteiger partial charge in [-0.05, 0) is 43.9 Å². The molecule has 0 spiro atoms. The van der Waals surface area contributed by atoms with Gasteiger partial charge in [0, 0.05) is 12.6 Å². The van der Waals surface area contributed by atoms with E-state index in [1.165, 1.54) is 12.1 Å². The largest absolute Gasteiger partial charge is 0.334 e. The number of hydrogen-bond acceptors (Lipinski definition) is 2. The van der Waals surface area contributed by atoms with Crippen molar-refractivity contribution in [1.29, 1.82) is 0 Å². The molecule has 1 fully saturated rings. The molecule has 0 aromatic heterocycles. The lowest BCUT2D eigenvalue weighted by Crippen LogP contribution is -2.53. The van der Waals surface area contributed by atoms with Crippen molar-refractivity contribution in [1.82, 2.24) is 4.90 Å². The molecule has 2 rings (SSSR count). The van der Waals surface area contributed by atoms with Gasteiger partial charge in [-0.1, -0.05) is 25.5 Å². The van der Waals surface area contributed by atoms with Crippen LogP contribution in [0.1, 0.15) is 45.1 Å². The highest BCUT2D eigenvalue weighted by Gasteiger charge is 2.39. The number of carbonyl (C=O) groups excluding carboxylic acids is 1. The van der Waals surface area contributed by atoms with E-state index in [4.69, 9.17) is 5.73 Å². The zero-order valence-corrected chi connectivity index (χ0v) is 12.2. The molecule has 1 aliphatic carbocycles. The smallest absolute Gasteiger partial charge is 0.242 e. The van der Waals surface area contributed by atoms with Gasteiger partial charge >= 0.3 is 0 Å². The monoisotopic (exact) mass is 278 g/mol. The maximum atomic E-state index is 13.3. The highest BCUT2D eigenvalue weighted by atomic mass is 19.1. The molecule has 4 heteroatoms. The number of rotatable bonds is 6. The average molecular weight is 278 g/mol. The van der Waals surface area contributed by atoms with Crippen molar-refractivity contribution in [2.75, 3.05) is 0 Å². The van der Waals surface area contributed by atoms with E-state index in [1.807, 2.05) is 17.9 Å². The van der Waals surface area contributed by atoms with Crippen LogP contribution in [0.2, 0.25) is 0 Å². The molecular formula is C16H23FN2O. The second kappa shape index (κ2) is 5.92. The molecule has 2 N–H and O–H groups in total. The van der Waals surface area contributed by atoms with Gasteiger partial charge in [-0.15, -0.1) is 0 Å². The van der Waals surface area contributed by atoms with Crippen LogP contribution < -0.4 is 5.73 Å². The van der Waals surface area contributed by atoms with Gasteiger partial charge in [-0.3, -0.25) is 4.79 Å². The molecule has 3 nitrogen and oxygen atoms in total. The van der Waals surface area contributed by atoms with E-state index in [9.17, 15) is 9.18 Å². The number of carbonyl (C=O) groups is 1. The van der Waals surface area contributed by atoms with Crippen molar-refractivity contribution < 1.29 is 9.18 Å². The molecule has 1 amide bonds. The standard InChI is InChI=1S/C16H23FN2O/c1-3-9-16(2,18)15(20)19(14-7-8-14)11-12-5-4-6-13(17)10-12/h4-6,10,14H,3,7-9,11,18H2,1-2H3. The maximum absolute atomic E-state index is 13.3. The summed E-state index contributed by atoms with van der Waals surface area (Å²) in [5.74, 6) is -0.291. The Morgan fingerprint density at radius 3 is 2.75 bits per heavy atom. The van der Waals surface area contributed by atoms with E-state index in [0.717, 1.165) is 24.8 Å². The second-order valence-corrected chi connectivity index (χ2v) is 5.96. The molecule has 1 atom stereocenters. The summed E-state index contributed by atoms with van der Waals surface area (Å²) in [6.07, 6.45) is 3.57. The third-order valence-corrected chi connectivity index (χ3v) is 3.75. The van der Waals surface area contributed by atoms with Crippen molar-refractivity contribution in [3.63, 3.8) is 0 Å². The number of amides is 1. The van der Waals surface area contributed by atoms with Crippen molar-refractivity contribution in [2.24, 2.45) is 5.73 Å². The number of halogens is 1. The first-order chi connectivity index (χ1) is 9.44. The molecule has 1 aliphatic rings. The molecule has 1 unspecified atom stereocenters. The lowest BCUT2D eigenvalue weighted by atomic mass is 9.95. The predicted octanol–water partition coefficient (Wildman–Crippen LogP) is 2.83. The number of hydrogen-bond donors (Lipinski definition) is 1. The van der Waals surface area contributed by atoms with Gasteiger partial charge in [0.1, 0.15) is 5.82 Å². The van der Waals surface area contributed by atoms with Crippen LogP contribution in [0.25, 0.3) is 0 Å². The fourth-order valence-electron chi connectivity index (χ4n) is 2.54. The van der Waals surface area contributed by atoms with Crippen molar-refractivity contribution in [3.8, 4) is 0 Å². The van der Waals surface area contributed by atoms with E-state index in [2.05, 4.69) is 0 Å². The van der Waals surface area contributed by atoms with Crippen LogP contribution >= 0.6 is 0 Å². The first kappa shape index (κ1) is 15.0. The van der Waals surface area contributed by atoms with Crippen LogP contribution in [0.3, 0.4) is 0 Å². The second-order valence-electron chi connectivity index (χ2n) is 5.96. The van der Waals surface area contributed by atoms with Crippen molar-refractivity contribution in [3.05, 3.63) is 35.6 Å². The van der Waals surface area contributed by atoms with Gasteiger partial charge < -0.3 is 10.6 Å². The van der Waals surface area contributed by atoms with Gasteiger partial charge in [0.2, 0.25) is 5.91 Å². The highest BCUT2D eigenvalue weighted by Crippen LogP contribution is 2.31.